The van der Waals surface area contributed by atoms with Gasteiger partial charge in [-0.3, -0.25) is 0 Å². The Bertz CT molecular complexity index is 156. The fourth-order valence-corrected chi connectivity index (χ4v) is 1.97. The first-order chi connectivity index (χ1) is 6.49. The zero-order chi connectivity index (χ0) is 10.6. The minimum atomic E-state index is -0.894. The molecule has 1 heterocycles. The van der Waals surface area contributed by atoms with Gasteiger partial charge in [-0.15, -0.1) is 0 Å². The SMILES string of the molecule is CC(C)CCCN1CCC(C)(F)CC1. The predicted molar refractivity (Wildman–Crippen MR) is 59.3 cm³/mol. The van der Waals surface area contributed by atoms with Gasteiger partial charge in [0.2, 0.25) is 0 Å². The lowest BCUT2D eigenvalue weighted by molar-refractivity contribution is 0.0729. The predicted octanol–water partition coefficient (Wildman–Crippen LogP) is 3.25. The third-order valence-electron chi connectivity index (χ3n) is 3.15. The van der Waals surface area contributed by atoms with Crippen molar-refractivity contribution < 1.29 is 4.39 Å². The highest BCUT2D eigenvalue weighted by Crippen LogP contribution is 2.25. The first kappa shape index (κ1) is 12.0. The molecule has 14 heavy (non-hydrogen) atoms. The van der Waals surface area contributed by atoms with Gasteiger partial charge in [-0.2, -0.15) is 0 Å². The van der Waals surface area contributed by atoms with Crippen molar-refractivity contribution >= 4 is 0 Å². The molecule has 2 heteroatoms. The van der Waals surface area contributed by atoms with Crippen molar-refractivity contribution in [2.24, 2.45) is 5.92 Å². The highest BCUT2D eigenvalue weighted by molar-refractivity contribution is 4.81. The maximum absolute atomic E-state index is 13.5. The summed E-state index contributed by atoms with van der Waals surface area (Å²) in [5, 5.41) is 0. The lowest BCUT2D eigenvalue weighted by Crippen LogP contribution is -2.40. The van der Waals surface area contributed by atoms with Crippen LogP contribution in [0.3, 0.4) is 0 Å². The Morgan fingerprint density at radius 1 is 1.29 bits per heavy atom. The van der Waals surface area contributed by atoms with Gasteiger partial charge in [0, 0.05) is 13.1 Å². The molecule has 0 aromatic rings. The van der Waals surface area contributed by atoms with Crippen LogP contribution >= 0.6 is 0 Å². The smallest absolute Gasteiger partial charge is 0.110 e. The Labute approximate surface area is 87.7 Å². The molecule has 0 amide bonds. The van der Waals surface area contributed by atoms with E-state index in [4.69, 9.17) is 0 Å². The molecule has 0 N–H and O–H groups in total. The molecule has 1 aliphatic heterocycles. The largest absolute Gasteiger partial charge is 0.303 e. The number of likely N-dealkylation sites (tertiary alicyclic amines) is 1. The molecule has 1 rings (SSSR count). The quantitative estimate of drug-likeness (QED) is 0.675. The zero-order valence-corrected chi connectivity index (χ0v) is 9.85. The number of rotatable bonds is 4. The van der Waals surface area contributed by atoms with Crippen molar-refractivity contribution in [2.45, 2.75) is 52.1 Å². The second kappa shape index (κ2) is 5.11. The summed E-state index contributed by atoms with van der Waals surface area (Å²) in [4.78, 5) is 2.41. The zero-order valence-electron chi connectivity index (χ0n) is 9.85. The van der Waals surface area contributed by atoms with Gasteiger partial charge in [-0.25, -0.2) is 4.39 Å². The first-order valence-corrected chi connectivity index (χ1v) is 5.91. The van der Waals surface area contributed by atoms with Gasteiger partial charge in [0.15, 0.2) is 0 Å². The summed E-state index contributed by atoms with van der Waals surface area (Å²) in [5.41, 5.74) is -0.894. The Kier molecular flexibility index (Phi) is 4.36. The average Bonchev–Trinajstić information content (AvgIpc) is 2.07. The lowest BCUT2D eigenvalue weighted by atomic mass is 9.95. The van der Waals surface area contributed by atoms with E-state index in [0.29, 0.717) is 12.8 Å². The summed E-state index contributed by atoms with van der Waals surface area (Å²) in [6.07, 6.45) is 3.99. The van der Waals surface area contributed by atoms with Crippen LogP contribution in [0, 0.1) is 5.92 Å². The molecule has 1 fully saturated rings. The normalized spacial score (nSPS) is 22.9. The molecule has 0 spiro atoms. The number of nitrogens with zero attached hydrogens (tertiary/aromatic N) is 1. The molecule has 0 saturated carbocycles. The number of piperidine rings is 1. The Balaban J connectivity index is 2.10. The third kappa shape index (κ3) is 4.41. The van der Waals surface area contributed by atoms with Gasteiger partial charge in [-0.1, -0.05) is 13.8 Å². The summed E-state index contributed by atoms with van der Waals surface area (Å²) in [5.74, 6) is 0.797. The van der Waals surface area contributed by atoms with Crippen LogP contribution < -0.4 is 0 Å². The van der Waals surface area contributed by atoms with E-state index >= 15 is 0 Å². The van der Waals surface area contributed by atoms with Crippen molar-refractivity contribution in [3.8, 4) is 0 Å². The minimum absolute atomic E-state index is 0.717. The summed E-state index contributed by atoms with van der Waals surface area (Å²) in [7, 11) is 0. The molecule has 0 aliphatic carbocycles. The maximum atomic E-state index is 13.5. The molecular formula is C12H24FN. The second-order valence-corrected chi connectivity index (χ2v) is 5.29. The van der Waals surface area contributed by atoms with Crippen LogP contribution in [0.1, 0.15) is 46.5 Å². The van der Waals surface area contributed by atoms with Crippen LogP contribution in [0.25, 0.3) is 0 Å². The van der Waals surface area contributed by atoms with E-state index < -0.39 is 5.67 Å². The van der Waals surface area contributed by atoms with Crippen molar-refractivity contribution in [1.29, 1.82) is 0 Å². The second-order valence-electron chi connectivity index (χ2n) is 5.29. The molecule has 0 atom stereocenters. The molecule has 1 saturated heterocycles. The molecule has 0 unspecified atom stereocenters. The van der Waals surface area contributed by atoms with Gasteiger partial charge in [-0.05, 0) is 45.1 Å². The molecule has 1 nitrogen and oxygen atoms in total. The Morgan fingerprint density at radius 2 is 1.86 bits per heavy atom. The summed E-state index contributed by atoms with van der Waals surface area (Å²) < 4.78 is 13.5. The number of hydrogen-bond donors (Lipinski definition) is 0. The molecule has 0 radical (unpaired) electrons. The van der Waals surface area contributed by atoms with Gasteiger partial charge in [0.1, 0.15) is 5.67 Å². The van der Waals surface area contributed by atoms with Crippen LogP contribution in [0.4, 0.5) is 4.39 Å². The van der Waals surface area contributed by atoms with Gasteiger partial charge in [0.25, 0.3) is 0 Å². The average molecular weight is 201 g/mol. The third-order valence-corrected chi connectivity index (χ3v) is 3.15. The van der Waals surface area contributed by atoms with Crippen LogP contribution in [-0.2, 0) is 0 Å². The highest BCUT2D eigenvalue weighted by Gasteiger charge is 2.28. The van der Waals surface area contributed by atoms with Crippen LogP contribution in [0.5, 0.6) is 0 Å². The van der Waals surface area contributed by atoms with Gasteiger partial charge in [0.05, 0.1) is 0 Å². The molecule has 0 bridgehead atoms. The van der Waals surface area contributed by atoms with E-state index in [0.717, 1.165) is 25.6 Å². The topological polar surface area (TPSA) is 3.24 Å². The standard InChI is InChI=1S/C12H24FN/c1-11(2)5-4-8-14-9-6-12(3,13)7-10-14/h11H,4-10H2,1-3H3. The van der Waals surface area contributed by atoms with Crippen LogP contribution in [0.15, 0.2) is 0 Å². The van der Waals surface area contributed by atoms with Gasteiger partial charge < -0.3 is 4.90 Å². The molecule has 0 aromatic carbocycles. The molecular weight excluding hydrogens is 177 g/mol. The van der Waals surface area contributed by atoms with Crippen molar-refractivity contribution in [3.63, 3.8) is 0 Å². The Morgan fingerprint density at radius 3 is 2.36 bits per heavy atom. The molecule has 1 aliphatic rings. The summed E-state index contributed by atoms with van der Waals surface area (Å²) in [6.45, 7) is 9.31. The van der Waals surface area contributed by atoms with Crippen LogP contribution in [-0.4, -0.2) is 30.2 Å². The van der Waals surface area contributed by atoms with Crippen molar-refractivity contribution in [1.82, 2.24) is 4.90 Å². The van der Waals surface area contributed by atoms with Crippen molar-refractivity contribution in [2.75, 3.05) is 19.6 Å². The maximum Gasteiger partial charge on any atom is 0.110 e. The summed E-state index contributed by atoms with van der Waals surface area (Å²) >= 11 is 0. The fraction of sp³-hybridized carbons (Fsp3) is 1.00. The first-order valence-electron chi connectivity index (χ1n) is 5.91. The number of hydrogen-bond acceptors (Lipinski definition) is 1. The highest BCUT2D eigenvalue weighted by atomic mass is 19.1. The monoisotopic (exact) mass is 201 g/mol. The number of alkyl halides is 1. The number of halogens is 1. The van der Waals surface area contributed by atoms with E-state index in [1.165, 1.54) is 12.8 Å². The Hall–Kier alpha value is -0.110. The van der Waals surface area contributed by atoms with E-state index in [9.17, 15) is 4.39 Å². The van der Waals surface area contributed by atoms with E-state index in [1.807, 2.05) is 0 Å². The minimum Gasteiger partial charge on any atom is -0.303 e. The molecule has 84 valence electrons. The molecule has 0 aromatic heterocycles. The fourth-order valence-electron chi connectivity index (χ4n) is 1.97. The summed E-state index contributed by atoms with van der Waals surface area (Å²) in [6, 6.07) is 0. The van der Waals surface area contributed by atoms with Gasteiger partial charge >= 0.3 is 0 Å². The van der Waals surface area contributed by atoms with E-state index in [-0.39, 0.29) is 0 Å². The van der Waals surface area contributed by atoms with Crippen LogP contribution in [0.2, 0.25) is 0 Å². The van der Waals surface area contributed by atoms with E-state index in [1.54, 1.807) is 6.92 Å². The van der Waals surface area contributed by atoms with E-state index in [2.05, 4.69) is 18.7 Å². The lowest BCUT2D eigenvalue weighted by Gasteiger charge is -2.34. The van der Waals surface area contributed by atoms with Crippen molar-refractivity contribution in [3.05, 3.63) is 0 Å².